The normalized spacial score (nSPS) is 13.6. The highest BCUT2D eigenvalue weighted by Crippen LogP contribution is 2.07. The van der Waals surface area contributed by atoms with Crippen molar-refractivity contribution in [1.82, 2.24) is 0 Å². The average Bonchev–Trinajstić information content (AvgIpc) is 2.21. The molecule has 0 bridgehead atoms. The highest BCUT2D eigenvalue weighted by molar-refractivity contribution is 4.85. The summed E-state index contributed by atoms with van der Waals surface area (Å²) < 4.78 is 0. The maximum absolute atomic E-state index is 8.78. The Morgan fingerprint density at radius 3 is 2.36 bits per heavy atom. The molecule has 0 aromatic heterocycles. The lowest BCUT2D eigenvalue weighted by molar-refractivity contribution is 0.262. The van der Waals surface area contributed by atoms with Crippen molar-refractivity contribution in [2.24, 2.45) is 5.92 Å². The fourth-order valence-corrected chi connectivity index (χ4v) is 1.43. The van der Waals surface area contributed by atoms with Crippen LogP contribution in [0.4, 0.5) is 0 Å². The van der Waals surface area contributed by atoms with E-state index in [9.17, 15) is 0 Å². The first-order valence-electron chi connectivity index (χ1n) is 6.08. The van der Waals surface area contributed by atoms with E-state index in [1.165, 1.54) is 44.9 Å². The van der Waals surface area contributed by atoms with Crippen LogP contribution in [0.5, 0.6) is 0 Å². The largest absolute Gasteiger partial charge is 0.396 e. The monoisotopic (exact) mass is 198 g/mol. The Bertz CT molecular complexity index is 129. The van der Waals surface area contributed by atoms with Crippen LogP contribution in [0.3, 0.4) is 0 Å². The molecule has 0 spiro atoms. The van der Waals surface area contributed by atoms with Gasteiger partial charge >= 0.3 is 0 Å². The molecule has 0 saturated heterocycles. The second-order valence-electron chi connectivity index (χ2n) is 4.14. The molecule has 84 valence electrons. The van der Waals surface area contributed by atoms with Gasteiger partial charge in [0, 0.05) is 6.61 Å². The third-order valence-electron chi connectivity index (χ3n) is 2.48. The van der Waals surface area contributed by atoms with Crippen molar-refractivity contribution in [2.45, 2.75) is 58.8 Å². The van der Waals surface area contributed by atoms with Crippen LogP contribution >= 0.6 is 0 Å². The number of rotatable bonds is 9. The third kappa shape index (κ3) is 9.79. The SMILES string of the molecule is CCCCCCCCC=CC(C)CO. The summed E-state index contributed by atoms with van der Waals surface area (Å²) in [4.78, 5) is 0. The minimum atomic E-state index is 0.271. The molecule has 1 nitrogen and oxygen atoms in total. The zero-order valence-corrected chi connectivity index (χ0v) is 9.84. The van der Waals surface area contributed by atoms with Crippen molar-refractivity contribution in [3.8, 4) is 0 Å². The first kappa shape index (κ1) is 13.7. The van der Waals surface area contributed by atoms with Crippen LogP contribution < -0.4 is 0 Å². The summed E-state index contributed by atoms with van der Waals surface area (Å²) in [5, 5.41) is 8.78. The summed E-state index contributed by atoms with van der Waals surface area (Å²) in [7, 11) is 0. The van der Waals surface area contributed by atoms with Crippen LogP contribution in [-0.2, 0) is 0 Å². The first-order chi connectivity index (χ1) is 6.81. The van der Waals surface area contributed by atoms with Crippen LogP contribution in [0.1, 0.15) is 58.8 Å². The third-order valence-corrected chi connectivity index (χ3v) is 2.48. The van der Waals surface area contributed by atoms with Gasteiger partial charge in [-0.05, 0) is 18.8 Å². The van der Waals surface area contributed by atoms with Gasteiger partial charge in [0.1, 0.15) is 0 Å². The zero-order valence-electron chi connectivity index (χ0n) is 9.84. The van der Waals surface area contributed by atoms with E-state index >= 15 is 0 Å². The Hall–Kier alpha value is -0.300. The van der Waals surface area contributed by atoms with Gasteiger partial charge in [-0.2, -0.15) is 0 Å². The lowest BCUT2D eigenvalue weighted by Crippen LogP contribution is -1.94. The van der Waals surface area contributed by atoms with E-state index in [-0.39, 0.29) is 6.61 Å². The predicted octanol–water partition coefficient (Wildman–Crippen LogP) is 3.92. The number of aliphatic hydroxyl groups excluding tert-OH is 1. The maximum Gasteiger partial charge on any atom is 0.0491 e. The second kappa shape index (κ2) is 10.8. The molecule has 0 heterocycles. The van der Waals surface area contributed by atoms with E-state index in [0.717, 1.165) is 0 Å². The van der Waals surface area contributed by atoms with Gasteiger partial charge in [-0.3, -0.25) is 0 Å². The second-order valence-corrected chi connectivity index (χ2v) is 4.14. The minimum Gasteiger partial charge on any atom is -0.396 e. The molecule has 0 aromatic carbocycles. The summed E-state index contributed by atoms with van der Waals surface area (Å²) >= 11 is 0. The van der Waals surface area contributed by atoms with E-state index in [0.29, 0.717) is 5.92 Å². The lowest BCUT2D eigenvalue weighted by atomic mass is 10.1. The molecule has 0 aliphatic carbocycles. The van der Waals surface area contributed by atoms with Crippen LogP contribution in [0, 0.1) is 5.92 Å². The van der Waals surface area contributed by atoms with Gasteiger partial charge < -0.3 is 5.11 Å². The van der Waals surface area contributed by atoms with Gasteiger partial charge in [0.05, 0.1) is 0 Å². The summed E-state index contributed by atoms with van der Waals surface area (Å²) in [6, 6.07) is 0. The van der Waals surface area contributed by atoms with Crippen molar-refractivity contribution < 1.29 is 5.11 Å². The smallest absolute Gasteiger partial charge is 0.0491 e. The number of hydrogen-bond acceptors (Lipinski definition) is 1. The molecular formula is C13H26O. The highest BCUT2D eigenvalue weighted by Gasteiger charge is 1.91. The molecule has 1 atom stereocenters. The molecule has 1 heteroatoms. The van der Waals surface area contributed by atoms with Crippen LogP contribution in [0.2, 0.25) is 0 Å². The van der Waals surface area contributed by atoms with Crippen molar-refractivity contribution in [3.05, 3.63) is 12.2 Å². The van der Waals surface area contributed by atoms with Gasteiger partial charge in [0.25, 0.3) is 0 Å². The van der Waals surface area contributed by atoms with Crippen molar-refractivity contribution in [2.75, 3.05) is 6.61 Å². The first-order valence-corrected chi connectivity index (χ1v) is 6.08. The van der Waals surface area contributed by atoms with Gasteiger partial charge in [0.2, 0.25) is 0 Å². The van der Waals surface area contributed by atoms with E-state index in [1.807, 2.05) is 6.92 Å². The molecule has 0 aromatic rings. The summed E-state index contributed by atoms with van der Waals surface area (Å²) in [5.41, 5.74) is 0. The fraction of sp³-hybridized carbons (Fsp3) is 0.846. The molecule has 1 unspecified atom stereocenters. The molecule has 0 amide bonds. The molecular weight excluding hydrogens is 172 g/mol. The van der Waals surface area contributed by atoms with Crippen LogP contribution in [0.15, 0.2) is 12.2 Å². The van der Waals surface area contributed by atoms with Crippen molar-refractivity contribution in [3.63, 3.8) is 0 Å². The van der Waals surface area contributed by atoms with Crippen LogP contribution in [0.25, 0.3) is 0 Å². The Balaban J connectivity index is 3.09. The number of aliphatic hydroxyl groups is 1. The molecule has 1 N–H and O–H groups in total. The molecule has 0 radical (unpaired) electrons. The van der Waals surface area contributed by atoms with Gasteiger partial charge in [-0.1, -0.05) is 58.1 Å². The van der Waals surface area contributed by atoms with E-state index in [1.54, 1.807) is 0 Å². The minimum absolute atomic E-state index is 0.271. The maximum atomic E-state index is 8.78. The quantitative estimate of drug-likeness (QED) is 0.440. The molecule has 0 fully saturated rings. The summed E-state index contributed by atoms with van der Waals surface area (Å²) in [6.07, 6.45) is 13.7. The fourth-order valence-electron chi connectivity index (χ4n) is 1.43. The van der Waals surface area contributed by atoms with Gasteiger partial charge in [-0.25, -0.2) is 0 Å². The van der Waals surface area contributed by atoms with Crippen LogP contribution in [-0.4, -0.2) is 11.7 Å². The molecule has 14 heavy (non-hydrogen) atoms. The molecule has 0 saturated carbocycles. The lowest BCUT2D eigenvalue weighted by Gasteiger charge is -2.00. The number of hydrogen-bond donors (Lipinski definition) is 1. The Morgan fingerprint density at radius 2 is 1.71 bits per heavy atom. The summed E-state index contributed by atoms with van der Waals surface area (Å²) in [6.45, 7) is 4.56. The number of unbranched alkanes of at least 4 members (excludes halogenated alkanes) is 6. The zero-order chi connectivity index (χ0) is 10.6. The van der Waals surface area contributed by atoms with Gasteiger partial charge in [0.15, 0.2) is 0 Å². The molecule has 0 aliphatic rings. The van der Waals surface area contributed by atoms with E-state index in [4.69, 9.17) is 5.11 Å². The Morgan fingerprint density at radius 1 is 1.07 bits per heavy atom. The Labute approximate surface area is 89.2 Å². The molecule has 0 rings (SSSR count). The highest BCUT2D eigenvalue weighted by atomic mass is 16.3. The average molecular weight is 198 g/mol. The van der Waals surface area contributed by atoms with Gasteiger partial charge in [-0.15, -0.1) is 0 Å². The van der Waals surface area contributed by atoms with E-state index in [2.05, 4.69) is 19.1 Å². The van der Waals surface area contributed by atoms with E-state index < -0.39 is 0 Å². The Kier molecular flexibility index (Phi) is 10.5. The topological polar surface area (TPSA) is 20.2 Å². The summed E-state index contributed by atoms with van der Waals surface area (Å²) in [5.74, 6) is 0.329. The van der Waals surface area contributed by atoms with Crippen molar-refractivity contribution in [1.29, 1.82) is 0 Å². The predicted molar refractivity (Wildman–Crippen MR) is 63.4 cm³/mol. The standard InChI is InChI=1S/C13H26O/c1-3-4-5-6-7-8-9-10-11-13(2)12-14/h10-11,13-14H,3-9,12H2,1-2H3. The number of allylic oxidation sites excluding steroid dienone is 1. The molecule has 0 aliphatic heterocycles. The van der Waals surface area contributed by atoms with Crippen molar-refractivity contribution >= 4 is 0 Å².